The van der Waals surface area contributed by atoms with Gasteiger partial charge < -0.3 is 5.11 Å². The Morgan fingerprint density at radius 1 is 1.67 bits per heavy atom. The van der Waals surface area contributed by atoms with Crippen LogP contribution in [0.2, 0.25) is 0 Å². The normalized spacial score (nSPS) is 19.8. The number of hydrogen-bond acceptors (Lipinski definition) is 3. The highest BCUT2D eigenvalue weighted by molar-refractivity contribution is 9.11. The summed E-state index contributed by atoms with van der Waals surface area (Å²) in [7, 11) is 0. The number of nitro groups is 1. The van der Waals surface area contributed by atoms with Crippen molar-refractivity contribution >= 4 is 15.9 Å². The first-order valence-electron chi connectivity index (χ1n) is 3.78. The van der Waals surface area contributed by atoms with E-state index in [4.69, 9.17) is 0 Å². The van der Waals surface area contributed by atoms with E-state index in [9.17, 15) is 15.2 Å². The quantitative estimate of drug-likeness (QED) is 0.595. The molecule has 0 aromatic rings. The number of hydrogen-bond donors (Lipinski definition) is 1. The third-order valence-electron chi connectivity index (χ3n) is 1.92. The monoisotopic (exact) mass is 235 g/mol. The van der Waals surface area contributed by atoms with Crippen molar-refractivity contribution in [3.8, 4) is 0 Å². The second-order valence-electron chi connectivity index (χ2n) is 2.81. The van der Waals surface area contributed by atoms with Crippen LogP contribution in [0.25, 0.3) is 0 Å². The van der Waals surface area contributed by atoms with Crippen molar-refractivity contribution in [2.75, 3.05) is 6.54 Å². The fourth-order valence-corrected chi connectivity index (χ4v) is 2.07. The summed E-state index contributed by atoms with van der Waals surface area (Å²) < 4.78 is 0.942. The molecule has 0 spiro atoms. The van der Waals surface area contributed by atoms with Crippen molar-refractivity contribution in [1.29, 1.82) is 0 Å². The zero-order valence-electron chi connectivity index (χ0n) is 6.49. The second-order valence-corrected chi connectivity index (χ2v) is 3.77. The van der Waals surface area contributed by atoms with Crippen molar-refractivity contribution in [2.45, 2.75) is 25.4 Å². The largest absolute Gasteiger partial charge is 0.382 e. The van der Waals surface area contributed by atoms with Gasteiger partial charge in [-0.2, -0.15) is 0 Å². The molecule has 1 aliphatic carbocycles. The van der Waals surface area contributed by atoms with Crippen molar-refractivity contribution in [3.63, 3.8) is 0 Å². The number of nitrogens with zero attached hydrogens (tertiary/aromatic N) is 1. The molecule has 5 heteroatoms. The third-order valence-corrected chi connectivity index (χ3v) is 2.82. The van der Waals surface area contributed by atoms with Crippen LogP contribution in [0.1, 0.15) is 19.3 Å². The molecule has 0 unspecified atom stereocenters. The van der Waals surface area contributed by atoms with Crippen LogP contribution in [0.15, 0.2) is 10.1 Å². The lowest BCUT2D eigenvalue weighted by Crippen LogP contribution is -2.21. The van der Waals surface area contributed by atoms with E-state index in [1.807, 2.05) is 0 Å². The van der Waals surface area contributed by atoms with Crippen LogP contribution in [0.4, 0.5) is 0 Å². The van der Waals surface area contributed by atoms with Crippen molar-refractivity contribution in [3.05, 3.63) is 20.2 Å². The highest BCUT2D eigenvalue weighted by Crippen LogP contribution is 2.32. The van der Waals surface area contributed by atoms with Gasteiger partial charge in [0.1, 0.15) is 6.10 Å². The topological polar surface area (TPSA) is 63.4 Å². The van der Waals surface area contributed by atoms with Gasteiger partial charge in [-0.1, -0.05) is 15.9 Å². The Morgan fingerprint density at radius 3 is 2.75 bits per heavy atom. The fraction of sp³-hybridized carbons (Fsp3) is 0.714. The van der Waals surface area contributed by atoms with Gasteiger partial charge >= 0.3 is 0 Å². The Hall–Kier alpha value is -0.420. The second kappa shape index (κ2) is 4.00. The van der Waals surface area contributed by atoms with E-state index in [-0.39, 0.29) is 6.54 Å². The minimum absolute atomic E-state index is 0.384. The number of aliphatic hydroxyl groups excluding tert-OH is 1. The Balaban J connectivity index is 2.57. The van der Waals surface area contributed by atoms with Crippen molar-refractivity contribution in [2.24, 2.45) is 0 Å². The van der Waals surface area contributed by atoms with E-state index < -0.39 is 11.0 Å². The number of rotatable bonds is 3. The molecule has 1 rings (SSSR count). The maximum atomic E-state index is 10.1. The van der Waals surface area contributed by atoms with Gasteiger partial charge in [0.05, 0.1) is 0 Å². The van der Waals surface area contributed by atoms with Gasteiger partial charge in [-0.15, -0.1) is 0 Å². The third kappa shape index (κ3) is 2.28. The molecule has 0 bridgehead atoms. The lowest BCUT2D eigenvalue weighted by atomic mass is 10.1. The minimum Gasteiger partial charge on any atom is -0.382 e. The van der Waals surface area contributed by atoms with Crippen LogP contribution in [-0.4, -0.2) is 22.7 Å². The maximum Gasteiger partial charge on any atom is 0.233 e. The minimum atomic E-state index is -0.906. The summed E-state index contributed by atoms with van der Waals surface area (Å²) in [4.78, 5) is 9.59. The number of allylic oxidation sites excluding steroid dienone is 1. The molecule has 0 aromatic heterocycles. The lowest BCUT2D eigenvalue weighted by molar-refractivity contribution is -0.488. The van der Waals surface area contributed by atoms with Gasteiger partial charge in [0.25, 0.3) is 0 Å². The lowest BCUT2D eigenvalue weighted by Gasteiger charge is -2.07. The zero-order valence-corrected chi connectivity index (χ0v) is 8.08. The maximum absolute atomic E-state index is 10.1. The molecule has 68 valence electrons. The first-order valence-corrected chi connectivity index (χ1v) is 4.58. The van der Waals surface area contributed by atoms with E-state index in [0.29, 0.717) is 0 Å². The van der Waals surface area contributed by atoms with Crippen LogP contribution >= 0.6 is 15.9 Å². The van der Waals surface area contributed by atoms with Crippen LogP contribution < -0.4 is 0 Å². The molecule has 4 nitrogen and oxygen atoms in total. The smallest absolute Gasteiger partial charge is 0.233 e. The van der Waals surface area contributed by atoms with Gasteiger partial charge in [-0.25, -0.2) is 0 Å². The van der Waals surface area contributed by atoms with Crippen LogP contribution in [0, 0.1) is 10.1 Å². The van der Waals surface area contributed by atoms with Gasteiger partial charge in [-0.3, -0.25) is 10.1 Å². The summed E-state index contributed by atoms with van der Waals surface area (Å²) in [6.07, 6.45) is 1.74. The molecular formula is C7H10BrNO3. The molecule has 0 amide bonds. The molecule has 0 fully saturated rings. The summed E-state index contributed by atoms with van der Waals surface area (Å²) in [6, 6.07) is 0. The molecule has 0 aromatic carbocycles. The SMILES string of the molecule is O=[N+]([O-])C[C@@H](O)C1=C(Br)CCC1. The molecule has 1 N–H and O–H groups in total. The van der Waals surface area contributed by atoms with E-state index in [2.05, 4.69) is 15.9 Å². The molecular weight excluding hydrogens is 226 g/mol. The molecule has 12 heavy (non-hydrogen) atoms. The Morgan fingerprint density at radius 2 is 2.33 bits per heavy atom. The first-order chi connectivity index (χ1) is 5.61. The van der Waals surface area contributed by atoms with Crippen molar-refractivity contribution in [1.82, 2.24) is 0 Å². The summed E-state index contributed by atoms with van der Waals surface area (Å²) in [5, 5.41) is 19.4. The fourth-order valence-electron chi connectivity index (χ4n) is 1.33. The molecule has 1 atom stereocenters. The summed E-state index contributed by atoms with van der Waals surface area (Å²) in [5.41, 5.74) is 0.798. The summed E-state index contributed by atoms with van der Waals surface area (Å²) in [5.74, 6) is 0. The number of aliphatic hydroxyl groups is 1. The Labute approximate surface area is 78.5 Å². The van der Waals surface area contributed by atoms with E-state index in [1.165, 1.54) is 0 Å². The molecule has 0 aliphatic heterocycles. The Bertz CT molecular complexity index is 227. The van der Waals surface area contributed by atoms with Crippen LogP contribution in [-0.2, 0) is 0 Å². The van der Waals surface area contributed by atoms with Crippen molar-refractivity contribution < 1.29 is 10.0 Å². The van der Waals surface area contributed by atoms with Gasteiger partial charge in [0.15, 0.2) is 0 Å². The van der Waals surface area contributed by atoms with Gasteiger partial charge in [0, 0.05) is 4.92 Å². The summed E-state index contributed by atoms with van der Waals surface area (Å²) >= 11 is 3.29. The predicted octanol–water partition coefficient (Wildman–Crippen LogP) is 1.46. The highest BCUT2D eigenvalue weighted by Gasteiger charge is 2.23. The molecule has 1 aliphatic rings. The van der Waals surface area contributed by atoms with Crippen LogP contribution in [0.3, 0.4) is 0 Å². The molecule has 0 saturated heterocycles. The average Bonchev–Trinajstić information content (AvgIpc) is 2.33. The van der Waals surface area contributed by atoms with Gasteiger partial charge in [-0.05, 0) is 29.3 Å². The van der Waals surface area contributed by atoms with E-state index in [1.54, 1.807) is 0 Å². The predicted molar refractivity (Wildman–Crippen MR) is 47.7 cm³/mol. The Kier molecular flexibility index (Phi) is 3.22. The summed E-state index contributed by atoms with van der Waals surface area (Å²) in [6.45, 7) is -0.384. The average molecular weight is 236 g/mol. The standard InChI is InChI=1S/C7H10BrNO3/c8-6-3-1-2-5(6)7(10)4-9(11)12/h7,10H,1-4H2/t7-/m1/s1. The van der Waals surface area contributed by atoms with E-state index >= 15 is 0 Å². The van der Waals surface area contributed by atoms with Crippen LogP contribution in [0.5, 0.6) is 0 Å². The first kappa shape index (κ1) is 9.67. The molecule has 0 saturated carbocycles. The number of halogens is 1. The van der Waals surface area contributed by atoms with Gasteiger partial charge in [0.2, 0.25) is 6.54 Å². The molecule has 0 radical (unpaired) electrons. The van der Waals surface area contributed by atoms with E-state index in [0.717, 1.165) is 29.3 Å². The highest BCUT2D eigenvalue weighted by atomic mass is 79.9. The molecule has 0 heterocycles. The zero-order chi connectivity index (χ0) is 9.14.